The normalized spacial score (nSPS) is 40.7. The number of rotatable bonds is 4. The second kappa shape index (κ2) is 8.02. The van der Waals surface area contributed by atoms with E-state index in [9.17, 15) is 0 Å². The molecule has 2 bridgehead atoms. The minimum Gasteiger partial charge on any atom is -0.380 e. The van der Waals surface area contributed by atoms with Crippen LogP contribution in [0.15, 0.2) is 60.0 Å². The molecule has 2 saturated heterocycles. The number of allylic oxidation sites excluding steroid dienone is 1. The fraction of sp³-hybridized carbons (Fsp3) is 0.618. The highest BCUT2D eigenvalue weighted by molar-refractivity contribution is 5.82. The Kier molecular flexibility index (Phi) is 5.03. The molecule has 0 unspecified atom stereocenters. The zero-order valence-corrected chi connectivity index (χ0v) is 23.3. The van der Waals surface area contributed by atoms with Gasteiger partial charge in [-0.1, -0.05) is 38.1 Å². The molecule has 3 aliphatic carbocycles. The van der Waals surface area contributed by atoms with E-state index in [1.165, 1.54) is 60.4 Å². The lowest BCUT2D eigenvalue weighted by Crippen LogP contribution is -2.56. The first-order valence-corrected chi connectivity index (χ1v) is 15.1. The molecule has 6 aliphatic rings. The summed E-state index contributed by atoms with van der Waals surface area (Å²) >= 11 is 0. The van der Waals surface area contributed by atoms with Crippen molar-refractivity contribution in [2.75, 3.05) is 26.8 Å². The molecule has 0 amide bonds. The van der Waals surface area contributed by atoms with Gasteiger partial charge in [-0.05, 0) is 110 Å². The Labute approximate surface area is 227 Å². The van der Waals surface area contributed by atoms with Crippen LogP contribution >= 0.6 is 0 Å². The maximum absolute atomic E-state index is 7.57. The molecule has 2 aromatic rings. The third-order valence-corrected chi connectivity index (χ3v) is 11.9. The molecule has 4 nitrogen and oxygen atoms in total. The van der Waals surface area contributed by atoms with Gasteiger partial charge in [-0.3, -0.25) is 4.98 Å². The first-order chi connectivity index (χ1) is 18.3. The molecule has 2 saturated carbocycles. The molecule has 3 aliphatic heterocycles. The van der Waals surface area contributed by atoms with Crippen LogP contribution in [0.25, 0.3) is 10.8 Å². The molecule has 4 heteroatoms. The van der Waals surface area contributed by atoms with E-state index in [1.807, 2.05) is 12.4 Å². The lowest BCUT2D eigenvalue weighted by molar-refractivity contribution is -0.147. The lowest BCUT2D eigenvalue weighted by Gasteiger charge is -2.55. The number of nitrogens with zero attached hydrogens (tertiary/aromatic N) is 2. The van der Waals surface area contributed by atoms with Crippen molar-refractivity contribution in [3.05, 3.63) is 65.5 Å². The minimum absolute atomic E-state index is 0.0451. The molecule has 8 rings (SSSR count). The number of fused-ring (bicyclic) bond motifs is 2. The van der Waals surface area contributed by atoms with E-state index in [2.05, 4.69) is 67.2 Å². The highest BCUT2D eigenvalue weighted by Crippen LogP contribution is 2.69. The lowest BCUT2D eigenvalue weighted by atomic mass is 9.58. The van der Waals surface area contributed by atoms with E-state index in [0.29, 0.717) is 23.3 Å². The SMILES string of the molecule is CN(CC1(C)COC1)[C@H]1CCC2=CC3=CC[C@]4(C)[C@@H](c5ccc6ccncc6c5)CC[C@H]4[C@@]34CC[C@]2(C1)O4. The van der Waals surface area contributed by atoms with Crippen LogP contribution in [0.1, 0.15) is 76.7 Å². The van der Waals surface area contributed by atoms with Gasteiger partial charge < -0.3 is 14.4 Å². The average Bonchev–Trinajstić information content (AvgIpc) is 3.42. The van der Waals surface area contributed by atoms with Crippen LogP contribution in [0.5, 0.6) is 0 Å². The Morgan fingerprint density at radius 3 is 2.79 bits per heavy atom. The maximum atomic E-state index is 7.57. The molecule has 1 aromatic heterocycles. The smallest absolute Gasteiger partial charge is 0.0974 e. The topological polar surface area (TPSA) is 34.6 Å². The number of hydrogen-bond acceptors (Lipinski definition) is 4. The van der Waals surface area contributed by atoms with E-state index in [1.54, 1.807) is 5.57 Å². The highest BCUT2D eigenvalue weighted by atomic mass is 16.5. The van der Waals surface area contributed by atoms with Gasteiger partial charge in [0.05, 0.1) is 24.4 Å². The van der Waals surface area contributed by atoms with Crippen LogP contribution in [0, 0.1) is 16.7 Å². The Morgan fingerprint density at radius 1 is 1.05 bits per heavy atom. The zero-order chi connectivity index (χ0) is 25.8. The van der Waals surface area contributed by atoms with Crippen LogP contribution < -0.4 is 0 Å². The summed E-state index contributed by atoms with van der Waals surface area (Å²) in [6.45, 7) is 7.90. The van der Waals surface area contributed by atoms with E-state index in [0.717, 1.165) is 32.6 Å². The largest absolute Gasteiger partial charge is 0.380 e. The Hall–Kier alpha value is -2.01. The quantitative estimate of drug-likeness (QED) is 0.452. The monoisotopic (exact) mass is 510 g/mol. The van der Waals surface area contributed by atoms with Crippen LogP contribution in [-0.4, -0.2) is 53.9 Å². The average molecular weight is 511 g/mol. The van der Waals surface area contributed by atoms with Gasteiger partial charge in [0.25, 0.3) is 0 Å². The number of ether oxygens (including phenoxy) is 2. The molecule has 0 radical (unpaired) electrons. The molecule has 1 aromatic carbocycles. The van der Waals surface area contributed by atoms with Crippen LogP contribution in [0.3, 0.4) is 0 Å². The number of pyridine rings is 1. The van der Waals surface area contributed by atoms with Crippen molar-refractivity contribution >= 4 is 10.8 Å². The predicted octanol–water partition coefficient (Wildman–Crippen LogP) is 6.81. The van der Waals surface area contributed by atoms with Gasteiger partial charge in [0.15, 0.2) is 0 Å². The molecular weight excluding hydrogens is 468 g/mol. The standard InChI is InChI=1S/C34H42N2O2/c1-31(21-37-22-31)20-36(3)28-7-6-26-17-27-10-12-32(2)29(24-5-4-23-11-15-35-19-25(23)16-24)8-9-30(32)34(27)14-13-33(26,18-28)38-34/h4-5,10-11,15-17,19,28-30H,6-9,12-14,18,20-22H2,1-3H3/t28-,29+,30+,32+,33+,34+/m0/s1. The molecule has 6 atom stereocenters. The first-order valence-electron chi connectivity index (χ1n) is 15.1. The molecule has 38 heavy (non-hydrogen) atoms. The summed E-state index contributed by atoms with van der Waals surface area (Å²) in [7, 11) is 2.34. The van der Waals surface area contributed by atoms with Crippen molar-refractivity contribution in [3.8, 4) is 0 Å². The number of hydrogen-bond donors (Lipinski definition) is 0. The summed E-state index contributed by atoms with van der Waals surface area (Å²) < 4.78 is 13.1. The Bertz CT molecular complexity index is 1360. The van der Waals surface area contributed by atoms with Crippen molar-refractivity contribution in [1.82, 2.24) is 9.88 Å². The summed E-state index contributed by atoms with van der Waals surface area (Å²) in [6.07, 6.45) is 18.8. The maximum Gasteiger partial charge on any atom is 0.0974 e. The van der Waals surface area contributed by atoms with Crippen LogP contribution in [-0.2, 0) is 9.47 Å². The third-order valence-electron chi connectivity index (χ3n) is 11.9. The van der Waals surface area contributed by atoms with Crippen molar-refractivity contribution in [3.63, 3.8) is 0 Å². The third kappa shape index (κ3) is 3.23. The van der Waals surface area contributed by atoms with Crippen molar-refractivity contribution < 1.29 is 9.47 Å². The van der Waals surface area contributed by atoms with Gasteiger partial charge in [-0.2, -0.15) is 0 Å². The van der Waals surface area contributed by atoms with Gasteiger partial charge >= 0.3 is 0 Å². The highest BCUT2D eigenvalue weighted by Gasteiger charge is 2.66. The fourth-order valence-electron chi connectivity index (χ4n) is 9.90. The molecule has 4 fully saturated rings. The van der Waals surface area contributed by atoms with Crippen LogP contribution in [0.4, 0.5) is 0 Å². The first kappa shape index (κ1) is 23.8. The predicted molar refractivity (Wildman–Crippen MR) is 151 cm³/mol. The van der Waals surface area contributed by atoms with Gasteiger partial charge in [0, 0.05) is 35.8 Å². The van der Waals surface area contributed by atoms with Gasteiger partial charge in [0.1, 0.15) is 0 Å². The Morgan fingerprint density at radius 2 is 1.95 bits per heavy atom. The molecule has 200 valence electrons. The molecule has 4 heterocycles. The summed E-state index contributed by atoms with van der Waals surface area (Å²) in [5, 5.41) is 2.55. The summed E-state index contributed by atoms with van der Waals surface area (Å²) in [5.74, 6) is 1.16. The van der Waals surface area contributed by atoms with Crippen molar-refractivity contribution in [2.24, 2.45) is 16.7 Å². The van der Waals surface area contributed by atoms with Gasteiger partial charge in [-0.25, -0.2) is 0 Å². The van der Waals surface area contributed by atoms with E-state index < -0.39 is 0 Å². The van der Waals surface area contributed by atoms with E-state index in [4.69, 9.17) is 9.47 Å². The zero-order valence-electron chi connectivity index (χ0n) is 23.3. The van der Waals surface area contributed by atoms with Gasteiger partial charge in [-0.15, -0.1) is 0 Å². The molecule has 0 N–H and O–H groups in total. The second-order valence-electron chi connectivity index (χ2n) is 14.3. The summed E-state index contributed by atoms with van der Waals surface area (Å²) in [6, 6.07) is 9.84. The number of benzene rings is 1. The molecular formula is C34H42N2O2. The summed E-state index contributed by atoms with van der Waals surface area (Å²) in [5.41, 5.74) is 5.05. The van der Waals surface area contributed by atoms with Gasteiger partial charge in [0.2, 0.25) is 0 Å². The Balaban J connectivity index is 1.10. The molecule has 2 spiro atoms. The van der Waals surface area contributed by atoms with Crippen molar-refractivity contribution in [1.29, 1.82) is 0 Å². The number of aromatic nitrogens is 1. The van der Waals surface area contributed by atoms with E-state index >= 15 is 0 Å². The van der Waals surface area contributed by atoms with E-state index in [-0.39, 0.29) is 16.6 Å². The fourth-order valence-corrected chi connectivity index (χ4v) is 9.90. The minimum atomic E-state index is -0.0854. The summed E-state index contributed by atoms with van der Waals surface area (Å²) in [4.78, 5) is 7.04. The second-order valence-corrected chi connectivity index (χ2v) is 14.3. The van der Waals surface area contributed by atoms with Crippen molar-refractivity contribution in [2.45, 2.75) is 88.4 Å². The van der Waals surface area contributed by atoms with Crippen LogP contribution in [0.2, 0.25) is 0 Å².